The summed E-state index contributed by atoms with van der Waals surface area (Å²) in [5.41, 5.74) is 0.785. The molecule has 14 nitrogen and oxygen atoms in total. The SMILES string of the molecule is CC(=O)OCC1=C(C(=O)OCCCCCOC(=O)c2c3n(c4cc(N5CCNCC5)c(F)cc4c2=O)C(C)S3)N2C(=O)[C@H](NC(=O)Cc3cccs3)[C@@H]2SC1. The molecule has 6 heterocycles. The molecule has 18 heteroatoms. The first kappa shape index (κ1) is 38.9. The maximum absolute atomic E-state index is 15.3. The van der Waals surface area contributed by atoms with Crippen LogP contribution in [0.3, 0.4) is 0 Å². The minimum Gasteiger partial charge on any atom is -0.462 e. The van der Waals surface area contributed by atoms with Gasteiger partial charge in [0, 0.05) is 54.7 Å². The summed E-state index contributed by atoms with van der Waals surface area (Å²) in [7, 11) is 0. The number of esters is 3. The summed E-state index contributed by atoms with van der Waals surface area (Å²) < 4.78 is 33.4. The fourth-order valence-electron chi connectivity index (χ4n) is 6.98. The summed E-state index contributed by atoms with van der Waals surface area (Å²) in [6.07, 6.45) is 1.49. The number of piperazine rings is 1. The highest BCUT2D eigenvalue weighted by Gasteiger charge is 2.54. The lowest BCUT2D eigenvalue weighted by Crippen LogP contribution is -2.70. The zero-order valence-corrected chi connectivity index (χ0v) is 32.7. The third-order valence-electron chi connectivity index (χ3n) is 9.71. The summed E-state index contributed by atoms with van der Waals surface area (Å²) in [6, 6.07) is 5.80. The van der Waals surface area contributed by atoms with Crippen LogP contribution in [0.25, 0.3) is 10.9 Å². The van der Waals surface area contributed by atoms with Crippen molar-refractivity contribution >= 4 is 81.2 Å². The number of rotatable bonds is 14. The summed E-state index contributed by atoms with van der Waals surface area (Å²) in [6.45, 7) is 5.79. The van der Waals surface area contributed by atoms with E-state index >= 15 is 4.39 Å². The van der Waals surface area contributed by atoms with Gasteiger partial charge in [0.25, 0.3) is 5.91 Å². The maximum Gasteiger partial charge on any atom is 0.355 e. The van der Waals surface area contributed by atoms with Gasteiger partial charge in [-0.2, -0.15) is 0 Å². The molecule has 0 radical (unpaired) electrons. The van der Waals surface area contributed by atoms with Crippen LogP contribution in [-0.4, -0.2) is 102 Å². The van der Waals surface area contributed by atoms with Crippen LogP contribution in [0.2, 0.25) is 0 Å². The summed E-state index contributed by atoms with van der Waals surface area (Å²) in [5.74, 6) is -3.03. The van der Waals surface area contributed by atoms with E-state index in [1.165, 1.54) is 52.8 Å². The van der Waals surface area contributed by atoms with Gasteiger partial charge in [0.15, 0.2) is 0 Å². The monoisotopic (exact) mass is 813 g/mol. The molecule has 7 rings (SSSR count). The molecule has 0 bridgehead atoms. The lowest BCUT2D eigenvalue weighted by Gasteiger charge is -2.49. The number of anilines is 1. The summed E-state index contributed by atoms with van der Waals surface area (Å²) in [4.78, 5) is 81.6. The van der Waals surface area contributed by atoms with E-state index in [4.69, 9.17) is 14.2 Å². The number of thiophene rings is 1. The van der Waals surface area contributed by atoms with Crippen LogP contribution < -0.4 is 21.0 Å². The maximum atomic E-state index is 15.3. The Kier molecular flexibility index (Phi) is 11.9. The van der Waals surface area contributed by atoms with Crippen molar-refractivity contribution in [2.75, 3.05) is 56.7 Å². The lowest BCUT2D eigenvalue weighted by molar-refractivity contribution is -0.153. The predicted molar refractivity (Wildman–Crippen MR) is 206 cm³/mol. The van der Waals surface area contributed by atoms with Gasteiger partial charge in [-0.1, -0.05) is 17.8 Å². The second kappa shape index (κ2) is 16.8. The van der Waals surface area contributed by atoms with Crippen LogP contribution in [0.5, 0.6) is 0 Å². The highest BCUT2D eigenvalue weighted by Crippen LogP contribution is 2.47. The normalized spacial score (nSPS) is 20.3. The number of benzene rings is 1. The number of amides is 2. The molecule has 1 aromatic carbocycles. The molecule has 0 aliphatic carbocycles. The Hall–Kier alpha value is -4.39. The van der Waals surface area contributed by atoms with Gasteiger partial charge in [-0.05, 0) is 49.8 Å². The zero-order chi connectivity index (χ0) is 38.8. The number of ether oxygens (including phenoxy) is 3. The molecule has 2 aromatic heterocycles. The molecule has 2 saturated heterocycles. The number of β-lactam (4-membered cyclic amide) rings is 1. The zero-order valence-electron chi connectivity index (χ0n) is 30.2. The van der Waals surface area contributed by atoms with Gasteiger partial charge >= 0.3 is 17.9 Å². The number of halogens is 1. The second-order valence-corrected chi connectivity index (χ2v) is 16.9. The van der Waals surface area contributed by atoms with Crippen molar-refractivity contribution in [1.29, 1.82) is 0 Å². The largest absolute Gasteiger partial charge is 0.462 e. The Morgan fingerprint density at radius 2 is 1.76 bits per heavy atom. The highest BCUT2D eigenvalue weighted by molar-refractivity contribution is 8.00. The van der Waals surface area contributed by atoms with E-state index in [0.29, 0.717) is 59.9 Å². The van der Waals surface area contributed by atoms with Crippen molar-refractivity contribution < 1.29 is 42.6 Å². The van der Waals surface area contributed by atoms with Crippen LogP contribution >= 0.6 is 34.9 Å². The number of carbonyl (C=O) groups excluding carboxylic acids is 5. The molecule has 2 fully saturated rings. The Balaban J connectivity index is 0.921. The number of thioether (sulfide) groups is 2. The summed E-state index contributed by atoms with van der Waals surface area (Å²) in [5, 5.41) is 7.96. The van der Waals surface area contributed by atoms with Gasteiger partial charge in [0.1, 0.15) is 35.1 Å². The van der Waals surface area contributed by atoms with Gasteiger partial charge in [0.05, 0.1) is 41.2 Å². The topological polar surface area (TPSA) is 166 Å². The Morgan fingerprint density at radius 1 is 1.02 bits per heavy atom. The average Bonchev–Trinajstić information content (AvgIpc) is 3.68. The van der Waals surface area contributed by atoms with Crippen LogP contribution in [0.4, 0.5) is 10.1 Å². The second-order valence-electron chi connectivity index (χ2n) is 13.4. The van der Waals surface area contributed by atoms with E-state index in [9.17, 15) is 28.8 Å². The molecular weight excluding hydrogens is 774 g/mol. The van der Waals surface area contributed by atoms with E-state index < -0.39 is 46.5 Å². The quantitative estimate of drug-likeness (QED) is 0.105. The third kappa shape index (κ3) is 7.99. The number of nitrogens with one attached hydrogen (secondary N) is 2. The molecule has 2 amide bonds. The molecule has 55 heavy (non-hydrogen) atoms. The minimum atomic E-state index is -0.806. The minimum absolute atomic E-state index is 0.00744. The summed E-state index contributed by atoms with van der Waals surface area (Å²) >= 11 is 4.19. The van der Waals surface area contributed by atoms with Crippen LogP contribution in [-0.2, 0) is 39.8 Å². The van der Waals surface area contributed by atoms with Crippen LogP contribution in [0.1, 0.15) is 53.7 Å². The van der Waals surface area contributed by atoms with Gasteiger partial charge in [-0.25, -0.2) is 14.0 Å². The van der Waals surface area contributed by atoms with Crippen molar-refractivity contribution in [1.82, 2.24) is 20.1 Å². The molecule has 3 atom stereocenters. The smallest absolute Gasteiger partial charge is 0.355 e. The van der Waals surface area contributed by atoms with E-state index in [2.05, 4.69) is 10.6 Å². The van der Waals surface area contributed by atoms with Gasteiger partial charge in [0.2, 0.25) is 11.3 Å². The highest BCUT2D eigenvalue weighted by atomic mass is 32.2. The van der Waals surface area contributed by atoms with Crippen LogP contribution in [0, 0.1) is 5.82 Å². The van der Waals surface area contributed by atoms with E-state index in [1.54, 1.807) is 6.07 Å². The number of hydrogen-bond donors (Lipinski definition) is 2. The molecule has 0 saturated carbocycles. The number of nitrogens with zero attached hydrogens (tertiary/aromatic N) is 3. The van der Waals surface area contributed by atoms with Gasteiger partial charge in [-0.3, -0.25) is 24.1 Å². The molecule has 3 aromatic rings. The average molecular weight is 814 g/mol. The lowest BCUT2D eigenvalue weighted by atomic mass is 10.0. The number of carbonyl (C=O) groups is 5. The first-order valence-corrected chi connectivity index (χ1v) is 20.8. The van der Waals surface area contributed by atoms with E-state index in [0.717, 1.165) is 18.0 Å². The first-order valence-electron chi connectivity index (χ1n) is 18.0. The third-order valence-corrected chi connectivity index (χ3v) is 13.1. The van der Waals surface area contributed by atoms with Crippen molar-refractivity contribution in [3.8, 4) is 0 Å². The fraction of sp³-hybridized carbons (Fsp3) is 0.459. The number of fused-ring (bicyclic) bond motifs is 4. The number of unbranched alkanes of at least 4 members (excludes halogenated alkanes) is 2. The molecule has 4 aliphatic rings. The first-order chi connectivity index (χ1) is 26.5. The number of hydrogen-bond acceptors (Lipinski definition) is 14. The molecule has 1 unspecified atom stereocenters. The number of pyridine rings is 1. The molecule has 2 N–H and O–H groups in total. The number of aromatic nitrogens is 1. The van der Waals surface area contributed by atoms with E-state index in [-0.39, 0.29) is 54.2 Å². The molecule has 0 spiro atoms. The van der Waals surface area contributed by atoms with Gasteiger partial charge < -0.3 is 34.3 Å². The fourth-order valence-corrected chi connectivity index (χ4v) is 10.2. The molecule has 4 aliphatic heterocycles. The standard InChI is InChI=1S/C37H40FN5O9S3/c1-20-42-26-17-27(41-10-8-39-9-11-41)25(38)16-24(26)32(46)29(34(42)55-20)36(48)50-12-4-3-5-13-51-37(49)31-22(18-52-21(2)44)19-54-35-30(33(47)43(31)35)40-28(45)15-23-7-6-14-53-23/h6-7,14,16-17,20,30,35,39H,3-5,8-13,15,18-19H2,1-2H3,(H,40,45)/t20?,30-,35-/m0/s1. The van der Waals surface area contributed by atoms with Crippen molar-refractivity contribution in [3.63, 3.8) is 0 Å². The van der Waals surface area contributed by atoms with Gasteiger partial charge in [-0.15, -0.1) is 23.1 Å². The molecular formula is C37H40FN5O9S3. The predicted octanol–water partition coefficient (Wildman–Crippen LogP) is 3.57. The van der Waals surface area contributed by atoms with Crippen molar-refractivity contribution in [2.45, 2.75) is 61.3 Å². The molecule has 292 valence electrons. The van der Waals surface area contributed by atoms with Crippen molar-refractivity contribution in [3.05, 3.63) is 67.4 Å². The Labute approximate surface area is 328 Å². The Bertz CT molecular complexity index is 2120. The van der Waals surface area contributed by atoms with E-state index in [1.807, 2.05) is 33.9 Å². The van der Waals surface area contributed by atoms with Crippen molar-refractivity contribution in [2.24, 2.45) is 0 Å². The van der Waals surface area contributed by atoms with Crippen LogP contribution in [0.15, 0.2) is 50.7 Å². The Morgan fingerprint density at radius 3 is 2.45 bits per heavy atom.